The molecule has 27 heavy (non-hydrogen) atoms. The number of aliphatic imine (C=N–C) groups is 1. The van der Waals surface area contributed by atoms with Gasteiger partial charge >= 0.3 is 0 Å². The first-order valence-corrected chi connectivity index (χ1v) is 8.75. The predicted molar refractivity (Wildman–Crippen MR) is 106 cm³/mol. The lowest BCUT2D eigenvalue weighted by Crippen LogP contribution is -2.24. The zero-order chi connectivity index (χ0) is 18.8. The highest BCUT2D eigenvalue weighted by Gasteiger charge is 2.20. The van der Waals surface area contributed by atoms with Crippen molar-refractivity contribution in [3.63, 3.8) is 0 Å². The molecule has 4 rings (SSSR count). The summed E-state index contributed by atoms with van der Waals surface area (Å²) < 4.78 is 5.91. The summed E-state index contributed by atoms with van der Waals surface area (Å²) in [5.74, 6) is 1.43. The first-order chi connectivity index (χ1) is 13.1. The van der Waals surface area contributed by atoms with Gasteiger partial charge < -0.3 is 10.5 Å². The minimum absolute atomic E-state index is 0.0170. The van der Waals surface area contributed by atoms with Gasteiger partial charge in [0.1, 0.15) is 18.0 Å². The van der Waals surface area contributed by atoms with Gasteiger partial charge in [-0.15, -0.1) is 0 Å². The average molecular weight is 357 g/mol. The van der Waals surface area contributed by atoms with Gasteiger partial charge in [0.15, 0.2) is 5.78 Å². The summed E-state index contributed by atoms with van der Waals surface area (Å²) in [7, 11) is 0. The van der Waals surface area contributed by atoms with E-state index in [-0.39, 0.29) is 12.3 Å². The number of Topliss-reactive ketones (excluding diaryl/α,β-unsaturated/α-hetero) is 1. The number of fused-ring (bicyclic) bond motifs is 1. The Morgan fingerprint density at radius 3 is 2.56 bits per heavy atom. The lowest BCUT2D eigenvalue weighted by molar-refractivity contribution is 0.1000. The monoisotopic (exact) mass is 357 g/mol. The number of carbonyl (C=O) groups is 1. The Morgan fingerprint density at radius 1 is 0.963 bits per heavy atom. The van der Waals surface area contributed by atoms with Crippen molar-refractivity contribution < 1.29 is 9.53 Å². The quantitative estimate of drug-likeness (QED) is 0.770. The van der Waals surface area contributed by atoms with E-state index in [1.54, 1.807) is 12.4 Å². The third-order valence-corrected chi connectivity index (χ3v) is 4.54. The maximum atomic E-state index is 12.1. The van der Waals surface area contributed by atoms with Crippen LogP contribution in [0.2, 0.25) is 0 Å². The molecule has 0 saturated heterocycles. The summed E-state index contributed by atoms with van der Waals surface area (Å²) >= 11 is 0. The van der Waals surface area contributed by atoms with Crippen LogP contribution in [-0.2, 0) is 0 Å². The van der Waals surface area contributed by atoms with Crippen LogP contribution in [0.3, 0.4) is 0 Å². The lowest BCUT2D eigenvalue weighted by atomic mass is 9.93. The smallest absolute Gasteiger partial charge is 0.184 e. The van der Waals surface area contributed by atoms with E-state index < -0.39 is 0 Å². The van der Waals surface area contributed by atoms with Crippen molar-refractivity contribution in [1.29, 1.82) is 0 Å². The maximum absolute atomic E-state index is 12.1. The Kier molecular flexibility index (Phi) is 4.52. The van der Waals surface area contributed by atoms with Crippen molar-refractivity contribution in [1.82, 2.24) is 4.98 Å². The van der Waals surface area contributed by atoms with Crippen molar-refractivity contribution >= 4 is 11.5 Å². The van der Waals surface area contributed by atoms with Crippen molar-refractivity contribution in [3.8, 4) is 22.6 Å². The number of ketones is 1. The van der Waals surface area contributed by atoms with Crippen molar-refractivity contribution in [2.24, 2.45) is 10.7 Å². The minimum atomic E-state index is 0.0170. The maximum Gasteiger partial charge on any atom is 0.184 e. The van der Waals surface area contributed by atoms with Gasteiger partial charge in [0.05, 0.1) is 11.9 Å². The number of rotatable bonds is 4. The largest absolute Gasteiger partial charge is 0.456 e. The number of aromatic nitrogens is 1. The van der Waals surface area contributed by atoms with Crippen LogP contribution in [0, 0.1) is 6.92 Å². The third kappa shape index (κ3) is 3.50. The van der Waals surface area contributed by atoms with Gasteiger partial charge in [-0.1, -0.05) is 29.8 Å². The molecule has 1 aliphatic heterocycles. The minimum Gasteiger partial charge on any atom is -0.456 e. The molecule has 0 spiro atoms. The molecule has 0 saturated carbocycles. The first-order valence-electron chi connectivity index (χ1n) is 8.75. The van der Waals surface area contributed by atoms with Crippen LogP contribution in [0.4, 0.5) is 0 Å². The lowest BCUT2D eigenvalue weighted by Gasteiger charge is -2.16. The van der Waals surface area contributed by atoms with Crippen LogP contribution in [-0.4, -0.2) is 29.6 Å². The van der Waals surface area contributed by atoms with E-state index in [1.807, 2.05) is 55.5 Å². The van der Waals surface area contributed by atoms with Crippen molar-refractivity contribution in [2.45, 2.75) is 6.92 Å². The highest BCUT2D eigenvalue weighted by atomic mass is 16.5. The number of pyridine rings is 1. The summed E-state index contributed by atoms with van der Waals surface area (Å²) in [5.41, 5.74) is 11.0. The fourth-order valence-corrected chi connectivity index (χ4v) is 3.09. The molecule has 2 heterocycles. The SMILES string of the molecule is Cc1ccc(Oc2cncc(-c3ccc4c(c3)C(CN)=NCC4=O)c2)cc1. The number of hydrogen-bond donors (Lipinski definition) is 1. The Balaban J connectivity index is 1.67. The van der Waals surface area contributed by atoms with Crippen LogP contribution in [0.5, 0.6) is 11.5 Å². The zero-order valence-electron chi connectivity index (χ0n) is 15.0. The van der Waals surface area contributed by atoms with E-state index in [4.69, 9.17) is 10.5 Å². The molecule has 0 aliphatic carbocycles. The molecular formula is C22H19N3O2. The molecule has 5 nitrogen and oxygen atoms in total. The summed E-state index contributed by atoms with van der Waals surface area (Å²) in [6.07, 6.45) is 3.45. The second-order valence-corrected chi connectivity index (χ2v) is 6.48. The summed E-state index contributed by atoms with van der Waals surface area (Å²) in [6.45, 7) is 2.50. The molecule has 0 unspecified atom stereocenters. The molecule has 1 aliphatic rings. The van der Waals surface area contributed by atoms with E-state index >= 15 is 0 Å². The number of hydrogen-bond acceptors (Lipinski definition) is 5. The highest BCUT2D eigenvalue weighted by Crippen LogP contribution is 2.29. The molecular weight excluding hydrogens is 338 g/mol. The molecule has 1 aromatic heterocycles. The second-order valence-electron chi connectivity index (χ2n) is 6.48. The summed E-state index contributed by atoms with van der Waals surface area (Å²) in [4.78, 5) is 20.7. The second kappa shape index (κ2) is 7.13. The third-order valence-electron chi connectivity index (χ3n) is 4.54. The van der Waals surface area contributed by atoms with Gasteiger partial charge in [-0.2, -0.15) is 0 Å². The number of nitrogens with two attached hydrogens (primary N) is 1. The zero-order valence-corrected chi connectivity index (χ0v) is 15.0. The van der Waals surface area contributed by atoms with Crippen LogP contribution in [0.1, 0.15) is 21.5 Å². The van der Waals surface area contributed by atoms with Gasteiger partial charge in [0.25, 0.3) is 0 Å². The van der Waals surface area contributed by atoms with Gasteiger partial charge in [0, 0.05) is 29.4 Å². The number of nitrogens with zero attached hydrogens (tertiary/aromatic N) is 2. The number of ether oxygens (including phenoxy) is 1. The fraction of sp³-hybridized carbons (Fsp3) is 0.136. The summed E-state index contributed by atoms with van der Waals surface area (Å²) in [5, 5.41) is 0. The molecule has 2 N–H and O–H groups in total. The normalized spacial score (nSPS) is 13.1. The standard InChI is InChI=1S/C22H19N3O2/c1-14-2-5-17(6-3-14)27-18-8-16(11-24-12-18)15-4-7-19-20(9-15)21(10-23)25-13-22(19)26/h2-9,11-12H,10,13,23H2,1H3. The van der Waals surface area contributed by atoms with Crippen LogP contribution in [0.25, 0.3) is 11.1 Å². The Morgan fingerprint density at radius 2 is 1.78 bits per heavy atom. The van der Waals surface area contributed by atoms with E-state index in [9.17, 15) is 4.79 Å². The number of benzene rings is 2. The fourth-order valence-electron chi connectivity index (χ4n) is 3.09. The van der Waals surface area contributed by atoms with Crippen LogP contribution in [0.15, 0.2) is 65.9 Å². The molecule has 0 bridgehead atoms. The number of carbonyl (C=O) groups excluding carboxylic acids is 1. The molecule has 3 aromatic rings. The van der Waals surface area contributed by atoms with Gasteiger partial charge in [-0.25, -0.2) is 0 Å². The van der Waals surface area contributed by atoms with Crippen LogP contribution < -0.4 is 10.5 Å². The van der Waals surface area contributed by atoms with E-state index in [0.29, 0.717) is 17.9 Å². The molecule has 0 atom stereocenters. The van der Waals surface area contributed by atoms with Gasteiger partial charge in [0.2, 0.25) is 0 Å². The summed E-state index contributed by atoms with van der Waals surface area (Å²) in [6, 6.07) is 15.5. The van der Waals surface area contributed by atoms with E-state index in [1.165, 1.54) is 5.56 Å². The predicted octanol–water partition coefficient (Wildman–Crippen LogP) is 3.79. The number of aryl methyl sites for hydroxylation is 1. The molecule has 0 fully saturated rings. The Bertz CT molecular complexity index is 1040. The molecule has 0 amide bonds. The molecule has 2 aromatic carbocycles. The molecule has 134 valence electrons. The van der Waals surface area contributed by atoms with Gasteiger partial charge in [-0.05, 0) is 36.8 Å². The first kappa shape index (κ1) is 17.1. The van der Waals surface area contributed by atoms with Crippen molar-refractivity contribution in [3.05, 3.63) is 77.6 Å². The van der Waals surface area contributed by atoms with E-state index in [2.05, 4.69) is 9.98 Å². The molecule has 0 radical (unpaired) electrons. The van der Waals surface area contributed by atoms with Crippen molar-refractivity contribution in [2.75, 3.05) is 13.1 Å². The molecule has 5 heteroatoms. The average Bonchev–Trinajstić information content (AvgIpc) is 2.70. The van der Waals surface area contributed by atoms with E-state index in [0.717, 1.165) is 28.2 Å². The topological polar surface area (TPSA) is 77.6 Å². The Hall–Kier alpha value is -3.31. The van der Waals surface area contributed by atoms with Crippen LogP contribution >= 0.6 is 0 Å². The van der Waals surface area contributed by atoms with Gasteiger partial charge in [-0.3, -0.25) is 14.8 Å². The highest BCUT2D eigenvalue weighted by molar-refractivity contribution is 6.16. The Labute approximate surface area is 157 Å².